The standard InChI is InChI=1S/C7H10BrN3/c1-3-5-6(8)7(9)11-4(2)10-5/h3H2,1-2H3,(H2,9,10,11). The van der Waals surface area contributed by atoms with Crippen molar-refractivity contribution in [2.45, 2.75) is 20.3 Å². The molecule has 60 valence electrons. The second-order valence-electron chi connectivity index (χ2n) is 2.27. The molecule has 0 amide bonds. The summed E-state index contributed by atoms with van der Waals surface area (Å²) in [6.07, 6.45) is 0.869. The van der Waals surface area contributed by atoms with E-state index in [2.05, 4.69) is 25.9 Å². The van der Waals surface area contributed by atoms with Crippen LogP contribution in [0.2, 0.25) is 0 Å². The lowest BCUT2D eigenvalue weighted by Crippen LogP contribution is -2.01. The Bertz CT molecular complexity index is 273. The summed E-state index contributed by atoms with van der Waals surface area (Å²) in [5.41, 5.74) is 6.57. The highest BCUT2D eigenvalue weighted by Crippen LogP contribution is 2.20. The number of aryl methyl sites for hydroxylation is 2. The average Bonchev–Trinajstić information content (AvgIpc) is 1.96. The monoisotopic (exact) mass is 215 g/mol. The normalized spacial score (nSPS) is 10.1. The number of hydrogen-bond donors (Lipinski definition) is 1. The molecule has 0 aliphatic heterocycles. The van der Waals surface area contributed by atoms with Crippen LogP contribution in [-0.2, 0) is 6.42 Å². The molecule has 1 rings (SSSR count). The average molecular weight is 216 g/mol. The molecule has 0 aliphatic carbocycles. The lowest BCUT2D eigenvalue weighted by Gasteiger charge is -2.03. The molecule has 0 spiro atoms. The summed E-state index contributed by atoms with van der Waals surface area (Å²) in [6, 6.07) is 0. The fraction of sp³-hybridized carbons (Fsp3) is 0.429. The Morgan fingerprint density at radius 1 is 1.45 bits per heavy atom. The number of nitrogens with zero attached hydrogens (tertiary/aromatic N) is 2. The fourth-order valence-corrected chi connectivity index (χ4v) is 1.33. The third-order valence-corrected chi connectivity index (χ3v) is 2.26. The Labute approximate surface area is 74.2 Å². The smallest absolute Gasteiger partial charge is 0.141 e. The van der Waals surface area contributed by atoms with Crippen molar-refractivity contribution in [2.75, 3.05) is 5.73 Å². The number of nitrogens with two attached hydrogens (primary N) is 1. The lowest BCUT2D eigenvalue weighted by atomic mass is 10.3. The van der Waals surface area contributed by atoms with Crippen LogP contribution < -0.4 is 5.73 Å². The first-order valence-electron chi connectivity index (χ1n) is 3.43. The molecule has 3 nitrogen and oxygen atoms in total. The van der Waals surface area contributed by atoms with Crippen molar-refractivity contribution >= 4 is 21.7 Å². The summed E-state index contributed by atoms with van der Waals surface area (Å²) < 4.78 is 0.825. The van der Waals surface area contributed by atoms with Gasteiger partial charge in [0.15, 0.2) is 0 Å². The highest BCUT2D eigenvalue weighted by Gasteiger charge is 2.04. The molecule has 0 aliphatic rings. The Morgan fingerprint density at radius 3 is 2.64 bits per heavy atom. The van der Waals surface area contributed by atoms with Crippen molar-refractivity contribution in [1.82, 2.24) is 9.97 Å². The van der Waals surface area contributed by atoms with Crippen molar-refractivity contribution < 1.29 is 0 Å². The molecule has 0 bridgehead atoms. The topological polar surface area (TPSA) is 51.8 Å². The van der Waals surface area contributed by atoms with Crippen LogP contribution in [0.25, 0.3) is 0 Å². The number of anilines is 1. The molecular weight excluding hydrogens is 206 g/mol. The molecule has 0 atom stereocenters. The summed E-state index contributed by atoms with van der Waals surface area (Å²) in [5.74, 6) is 1.25. The van der Waals surface area contributed by atoms with E-state index in [-0.39, 0.29) is 0 Å². The van der Waals surface area contributed by atoms with E-state index in [1.165, 1.54) is 0 Å². The van der Waals surface area contributed by atoms with Crippen molar-refractivity contribution in [1.29, 1.82) is 0 Å². The molecule has 0 radical (unpaired) electrons. The molecule has 0 saturated carbocycles. The maximum Gasteiger partial charge on any atom is 0.141 e. The Morgan fingerprint density at radius 2 is 2.09 bits per heavy atom. The van der Waals surface area contributed by atoms with E-state index < -0.39 is 0 Å². The molecule has 0 aromatic carbocycles. The molecule has 0 saturated heterocycles. The first-order chi connectivity index (χ1) is 5.15. The summed E-state index contributed by atoms with van der Waals surface area (Å²) in [5, 5.41) is 0. The zero-order chi connectivity index (χ0) is 8.43. The van der Waals surface area contributed by atoms with Gasteiger partial charge in [-0.2, -0.15) is 0 Å². The van der Waals surface area contributed by atoms with Gasteiger partial charge in [0.05, 0.1) is 10.2 Å². The van der Waals surface area contributed by atoms with Gasteiger partial charge in [0, 0.05) is 0 Å². The Balaban J connectivity index is 3.24. The Hall–Kier alpha value is -0.640. The highest BCUT2D eigenvalue weighted by atomic mass is 79.9. The predicted molar refractivity (Wildman–Crippen MR) is 48.3 cm³/mol. The number of rotatable bonds is 1. The van der Waals surface area contributed by atoms with E-state index >= 15 is 0 Å². The van der Waals surface area contributed by atoms with Crippen LogP contribution in [-0.4, -0.2) is 9.97 Å². The SMILES string of the molecule is CCc1nc(C)nc(N)c1Br. The van der Waals surface area contributed by atoms with Crippen molar-refractivity contribution in [3.8, 4) is 0 Å². The van der Waals surface area contributed by atoms with Gasteiger partial charge in [0.2, 0.25) is 0 Å². The maximum absolute atomic E-state index is 5.60. The van der Waals surface area contributed by atoms with Crippen LogP contribution in [0.1, 0.15) is 18.4 Å². The summed E-state index contributed by atoms with van der Waals surface area (Å²) in [7, 11) is 0. The first kappa shape index (κ1) is 8.46. The minimum atomic E-state index is 0.523. The molecule has 0 fully saturated rings. The minimum Gasteiger partial charge on any atom is -0.383 e. The van der Waals surface area contributed by atoms with E-state index in [0.29, 0.717) is 5.82 Å². The molecule has 4 heteroatoms. The summed E-state index contributed by atoms with van der Waals surface area (Å²) in [6.45, 7) is 3.87. The van der Waals surface area contributed by atoms with Crippen LogP contribution in [0, 0.1) is 6.92 Å². The van der Waals surface area contributed by atoms with Crippen molar-refractivity contribution in [3.63, 3.8) is 0 Å². The zero-order valence-electron chi connectivity index (χ0n) is 6.56. The van der Waals surface area contributed by atoms with E-state index in [0.717, 1.165) is 22.4 Å². The third kappa shape index (κ3) is 1.68. The van der Waals surface area contributed by atoms with Crippen LogP contribution in [0.5, 0.6) is 0 Å². The van der Waals surface area contributed by atoms with Crippen molar-refractivity contribution in [2.24, 2.45) is 0 Å². The van der Waals surface area contributed by atoms with Gasteiger partial charge in [-0.3, -0.25) is 0 Å². The molecular formula is C7H10BrN3. The van der Waals surface area contributed by atoms with Crippen LogP contribution in [0.4, 0.5) is 5.82 Å². The van der Waals surface area contributed by atoms with Gasteiger partial charge in [0.1, 0.15) is 11.6 Å². The third-order valence-electron chi connectivity index (χ3n) is 1.39. The van der Waals surface area contributed by atoms with Gasteiger partial charge >= 0.3 is 0 Å². The Kier molecular flexibility index (Phi) is 2.44. The molecule has 2 N–H and O–H groups in total. The van der Waals surface area contributed by atoms with Gasteiger partial charge in [-0.05, 0) is 29.3 Å². The second kappa shape index (κ2) is 3.17. The zero-order valence-corrected chi connectivity index (χ0v) is 8.14. The van der Waals surface area contributed by atoms with Gasteiger partial charge < -0.3 is 5.73 Å². The van der Waals surface area contributed by atoms with Crippen LogP contribution in [0.15, 0.2) is 4.47 Å². The van der Waals surface area contributed by atoms with Crippen LogP contribution in [0.3, 0.4) is 0 Å². The number of halogens is 1. The minimum absolute atomic E-state index is 0.523. The summed E-state index contributed by atoms with van der Waals surface area (Å²) >= 11 is 3.32. The number of hydrogen-bond acceptors (Lipinski definition) is 3. The first-order valence-corrected chi connectivity index (χ1v) is 4.23. The maximum atomic E-state index is 5.60. The predicted octanol–water partition coefficient (Wildman–Crippen LogP) is 1.69. The lowest BCUT2D eigenvalue weighted by molar-refractivity contribution is 0.943. The molecule has 11 heavy (non-hydrogen) atoms. The van der Waals surface area contributed by atoms with Crippen LogP contribution >= 0.6 is 15.9 Å². The van der Waals surface area contributed by atoms with Gasteiger partial charge in [0.25, 0.3) is 0 Å². The molecule has 1 heterocycles. The molecule has 1 aromatic heterocycles. The van der Waals surface area contributed by atoms with Crippen molar-refractivity contribution in [3.05, 3.63) is 16.0 Å². The summed E-state index contributed by atoms with van der Waals surface area (Å²) in [4.78, 5) is 8.22. The highest BCUT2D eigenvalue weighted by molar-refractivity contribution is 9.10. The van der Waals surface area contributed by atoms with E-state index in [1.807, 2.05) is 13.8 Å². The van der Waals surface area contributed by atoms with E-state index in [9.17, 15) is 0 Å². The van der Waals surface area contributed by atoms with Gasteiger partial charge in [-0.1, -0.05) is 6.92 Å². The fourth-order valence-electron chi connectivity index (χ4n) is 0.875. The van der Waals surface area contributed by atoms with Gasteiger partial charge in [-0.25, -0.2) is 9.97 Å². The van der Waals surface area contributed by atoms with E-state index in [1.54, 1.807) is 0 Å². The molecule has 0 unspecified atom stereocenters. The largest absolute Gasteiger partial charge is 0.383 e. The number of nitrogen functional groups attached to an aromatic ring is 1. The van der Waals surface area contributed by atoms with Gasteiger partial charge in [-0.15, -0.1) is 0 Å². The van der Waals surface area contributed by atoms with E-state index in [4.69, 9.17) is 5.73 Å². The molecule has 1 aromatic rings. The number of aromatic nitrogens is 2. The quantitative estimate of drug-likeness (QED) is 0.777. The second-order valence-corrected chi connectivity index (χ2v) is 3.06.